The molecule has 0 saturated heterocycles. The van der Waals surface area contributed by atoms with Crippen LogP contribution in [0.3, 0.4) is 0 Å². The summed E-state index contributed by atoms with van der Waals surface area (Å²) in [6.45, 7) is 2.26. The first-order valence-electron chi connectivity index (χ1n) is 5.92. The van der Waals surface area contributed by atoms with Gasteiger partial charge in [-0.2, -0.15) is 0 Å². The van der Waals surface area contributed by atoms with Crippen LogP contribution >= 0.6 is 0 Å². The maximum atomic E-state index is 13.2. The van der Waals surface area contributed by atoms with Crippen LogP contribution in [0.25, 0.3) is 0 Å². The van der Waals surface area contributed by atoms with Gasteiger partial charge in [0.05, 0.1) is 0 Å². The average Bonchev–Trinajstić information content (AvgIpc) is 2.66. The minimum atomic E-state index is -0.191. The van der Waals surface area contributed by atoms with E-state index in [1.54, 1.807) is 12.1 Å². The van der Waals surface area contributed by atoms with Gasteiger partial charge < -0.3 is 0 Å². The molecule has 2 rings (SSSR count). The molecule has 0 heterocycles. The number of nitrogens with two attached hydrogens (primary N) is 1. The lowest BCUT2D eigenvalue weighted by Crippen LogP contribution is -2.32. The summed E-state index contributed by atoms with van der Waals surface area (Å²) >= 11 is 0. The maximum absolute atomic E-state index is 13.2. The monoisotopic (exact) mass is 222 g/mol. The summed E-state index contributed by atoms with van der Waals surface area (Å²) in [7, 11) is 0. The van der Waals surface area contributed by atoms with Crippen LogP contribution in [-0.2, 0) is 0 Å². The number of benzene rings is 1. The fraction of sp³-hybridized carbons (Fsp3) is 0.538. The van der Waals surface area contributed by atoms with Gasteiger partial charge >= 0.3 is 0 Å². The van der Waals surface area contributed by atoms with Gasteiger partial charge in [-0.05, 0) is 42.4 Å². The van der Waals surface area contributed by atoms with Crippen LogP contribution in [0.15, 0.2) is 24.3 Å². The Balaban J connectivity index is 2.16. The van der Waals surface area contributed by atoms with Crippen molar-refractivity contribution >= 4 is 0 Å². The minimum Gasteiger partial charge on any atom is -0.271 e. The number of hydrazine groups is 1. The molecular formula is C13H19FN2. The van der Waals surface area contributed by atoms with Crippen LogP contribution in [-0.4, -0.2) is 0 Å². The number of hydrogen-bond acceptors (Lipinski definition) is 2. The molecule has 0 aromatic heterocycles. The first-order chi connectivity index (χ1) is 7.70. The fourth-order valence-corrected chi connectivity index (χ4v) is 2.76. The predicted molar refractivity (Wildman–Crippen MR) is 63.0 cm³/mol. The van der Waals surface area contributed by atoms with Crippen LogP contribution in [0.4, 0.5) is 4.39 Å². The number of hydrogen-bond donors (Lipinski definition) is 2. The summed E-state index contributed by atoms with van der Waals surface area (Å²) in [5.74, 6) is 6.70. The van der Waals surface area contributed by atoms with Crippen LogP contribution in [0, 0.1) is 17.7 Å². The summed E-state index contributed by atoms with van der Waals surface area (Å²) in [6, 6.07) is 6.81. The van der Waals surface area contributed by atoms with Crippen molar-refractivity contribution in [3.8, 4) is 0 Å². The molecule has 2 nitrogen and oxygen atoms in total. The molecule has 3 atom stereocenters. The summed E-state index contributed by atoms with van der Waals surface area (Å²) in [5, 5.41) is 0. The van der Waals surface area contributed by atoms with Gasteiger partial charge in [0.1, 0.15) is 5.82 Å². The molecule has 0 amide bonds. The van der Waals surface area contributed by atoms with Crippen molar-refractivity contribution in [1.29, 1.82) is 0 Å². The SMILES string of the molecule is CC1CCC(C(NN)c2cccc(F)c2)C1. The molecule has 3 heteroatoms. The first kappa shape index (κ1) is 11.6. The second-order valence-corrected chi connectivity index (χ2v) is 4.88. The Morgan fingerprint density at radius 1 is 1.44 bits per heavy atom. The van der Waals surface area contributed by atoms with E-state index in [9.17, 15) is 4.39 Å². The summed E-state index contributed by atoms with van der Waals surface area (Å²) < 4.78 is 13.2. The smallest absolute Gasteiger partial charge is 0.123 e. The van der Waals surface area contributed by atoms with Crippen LogP contribution in [0.5, 0.6) is 0 Å². The van der Waals surface area contributed by atoms with E-state index in [0.717, 1.165) is 11.5 Å². The maximum Gasteiger partial charge on any atom is 0.123 e. The third kappa shape index (κ3) is 2.42. The van der Waals surface area contributed by atoms with Gasteiger partial charge in [0, 0.05) is 6.04 Å². The van der Waals surface area contributed by atoms with Gasteiger partial charge in [0.25, 0.3) is 0 Å². The van der Waals surface area contributed by atoms with E-state index in [1.165, 1.54) is 25.3 Å². The van der Waals surface area contributed by atoms with E-state index in [1.807, 2.05) is 6.07 Å². The second kappa shape index (κ2) is 4.93. The van der Waals surface area contributed by atoms with Crippen molar-refractivity contribution < 1.29 is 4.39 Å². The van der Waals surface area contributed by atoms with Crippen molar-refractivity contribution in [2.75, 3.05) is 0 Å². The van der Waals surface area contributed by atoms with Crippen molar-refractivity contribution in [3.05, 3.63) is 35.6 Å². The van der Waals surface area contributed by atoms with Gasteiger partial charge in [-0.25, -0.2) is 4.39 Å². The number of halogens is 1. The lowest BCUT2D eigenvalue weighted by atomic mass is 9.91. The highest BCUT2D eigenvalue weighted by atomic mass is 19.1. The Labute approximate surface area is 96.0 Å². The zero-order valence-corrected chi connectivity index (χ0v) is 9.62. The standard InChI is InChI=1S/C13H19FN2/c1-9-5-6-11(7-9)13(16-15)10-3-2-4-12(14)8-10/h2-4,8-9,11,13,16H,5-7,15H2,1H3. The van der Waals surface area contributed by atoms with Crippen molar-refractivity contribution in [3.63, 3.8) is 0 Å². The zero-order valence-electron chi connectivity index (χ0n) is 9.62. The molecule has 1 aliphatic rings. The third-order valence-corrected chi connectivity index (χ3v) is 3.59. The molecule has 1 aromatic carbocycles. The molecule has 1 aromatic rings. The topological polar surface area (TPSA) is 38.0 Å². The van der Waals surface area contributed by atoms with E-state index in [0.29, 0.717) is 5.92 Å². The van der Waals surface area contributed by atoms with Crippen LogP contribution < -0.4 is 11.3 Å². The fourth-order valence-electron chi connectivity index (χ4n) is 2.76. The van der Waals surface area contributed by atoms with E-state index in [2.05, 4.69) is 12.3 Å². The minimum absolute atomic E-state index is 0.0839. The molecule has 0 aliphatic heterocycles. The van der Waals surface area contributed by atoms with E-state index in [4.69, 9.17) is 5.84 Å². The molecule has 88 valence electrons. The molecular weight excluding hydrogens is 203 g/mol. The molecule has 1 aliphatic carbocycles. The Kier molecular flexibility index (Phi) is 3.56. The largest absolute Gasteiger partial charge is 0.271 e. The van der Waals surface area contributed by atoms with Gasteiger partial charge in [0.15, 0.2) is 0 Å². The predicted octanol–water partition coefficient (Wildman–Crippen LogP) is 2.77. The van der Waals surface area contributed by atoms with Gasteiger partial charge in [-0.1, -0.05) is 25.5 Å². The van der Waals surface area contributed by atoms with E-state index >= 15 is 0 Å². The lowest BCUT2D eigenvalue weighted by Gasteiger charge is -2.23. The van der Waals surface area contributed by atoms with Crippen molar-refractivity contribution in [2.45, 2.75) is 32.2 Å². The quantitative estimate of drug-likeness (QED) is 0.609. The Hall–Kier alpha value is -0.930. The Morgan fingerprint density at radius 2 is 2.25 bits per heavy atom. The lowest BCUT2D eigenvalue weighted by molar-refractivity contribution is 0.363. The molecule has 3 unspecified atom stereocenters. The summed E-state index contributed by atoms with van der Waals surface area (Å²) in [6.07, 6.45) is 3.59. The molecule has 3 N–H and O–H groups in total. The molecule has 0 spiro atoms. The average molecular weight is 222 g/mol. The van der Waals surface area contributed by atoms with Gasteiger partial charge in [-0.15, -0.1) is 0 Å². The highest BCUT2D eigenvalue weighted by Gasteiger charge is 2.29. The second-order valence-electron chi connectivity index (χ2n) is 4.88. The van der Waals surface area contributed by atoms with Crippen LogP contribution in [0.1, 0.15) is 37.8 Å². The molecule has 1 fully saturated rings. The normalized spacial score (nSPS) is 26.9. The van der Waals surface area contributed by atoms with E-state index in [-0.39, 0.29) is 11.9 Å². The number of rotatable bonds is 3. The first-order valence-corrected chi connectivity index (χ1v) is 5.92. The molecule has 0 radical (unpaired) electrons. The molecule has 16 heavy (non-hydrogen) atoms. The molecule has 1 saturated carbocycles. The van der Waals surface area contributed by atoms with Crippen LogP contribution in [0.2, 0.25) is 0 Å². The Bertz CT molecular complexity index is 354. The third-order valence-electron chi connectivity index (χ3n) is 3.59. The van der Waals surface area contributed by atoms with Crippen molar-refractivity contribution in [2.24, 2.45) is 17.7 Å². The molecule has 0 bridgehead atoms. The Morgan fingerprint density at radius 3 is 2.81 bits per heavy atom. The van der Waals surface area contributed by atoms with Gasteiger partial charge in [-0.3, -0.25) is 11.3 Å². The van der Waals surface area contributed by atoms with E-state index < -0.39 is 0 Å². The highest BCUT2D eigenvalue weighted by molar-refractivity contribution is 5.21. The summed E-state index contributed by atoms with van der Waals surface area (Å²) in [5.41, 5.74) is 3.80. The van der Waals surface area contributed by atoms with Gasteiger partial charge in [0.2, 0.25) is 0 Å². The highest BCUT2D eigenvalue weighted by Crippen LogP contribution is 2.38. The number of nitrogens with one attached hydrogen (secondary N) is 1. The zero-order chi connectivity index (χ0) is 11.5. The summed E-state index contributed by atoms with van der Waals surface area (Å²) in [4.78, 5) is 0. The van der Waals surface area contributed by atoms with Crippen molar-refractivity contribution in [1.82, 2.24) is 5.43 Å².